The number of ether oxygens (including phenoxy) is 1. The van der Waals surface area contributed by atoms with Gasteiger partial charge in [0.15, 0.2) is 0 Å². The lowest BCUT2D eigenvalue weighted by molar-refractivity contribution is 0.0950. The third kappa shape index (κ3) is 4.95. The summed E-state index contributed by atoms with van der Waals surface area (Å²) in [4.78, 5) is 12.5. The summed E-state index contributed by atoms with van der Waals surface area (Å²) in [6.07, 6.45) is 0. The van der Waals surface area contributed by atoms with Crippen molar-refractivity contribution in [2.24, 2.45) is 0 Å². The average Bonchev–Trinajstić information content (AvgIpc) is 2.77. The van der Waals surface area contributed by atoms with Crippen molar-refractivity contribution in [1.29, 1.82) is 0 Å². The number of halogens is 1. The smallest absolute Gasteiger partial charge is 0.251 e. The lowest BCUT2D eigenvalue weighted by Gasteiger charge is -2.10. The highest BCUT2D eigenvalue weighted by atomic mass is 35.5. The number of hydrogen-bond donors (Lipinski definition) is 1. The Morgan fingerprint density at radius 2 is 1.59 bits per heavy atom. The van der Waals surface area contributed by atoms with Crippen LogP contribution >= 0.6 is 11.6 Å². The second kappa shape index (κ2) is 8.80. The molecule has 4 aromatic rings. The molecular weight excluding hydrogens is 382 g/mol. The molecule has 0 fully saturated rings. The monoisotopic (exact) mass is 401 g/mol. The summed E-state index contributed by atoms with van der Waals surface area (Å²) < 4.78 is 5.93. The minimum absolute atomic E-state index is 0.118. The maximum Gasteiger partial charge on any atom is 0.251 e. The van der Waals surface area contributed by atoms with E-state index in [-0.39, 0.29) is 5.91 Å². The lowest BCUT2D eigenvalue weighted by Crippen LogP contribution is -2.22. The molecule has 0 atom stereocenters. The van der Waals surface area contributed by atoms with Crippen molar-refractivity contribution >= 4 is 28.3 Å². The van der Waals surface area contributed by atoms with Crippen LogP contribution in [0.5, 0.6) is 5.75 Å². The topological polar surface area (TPSA) is 38.3 Å². The third-order valence-electron chi connectivity index (χ3n) is 4.68. The summed E-state index contributed by atoms with van der Waals surface area (Å²) in [5.41, 5.74) is 2.55. The molecule has 144 valence electrons. The van der Waals surface area contributed by atoms with Crippen molar-refractivity contribution in [3.63, 3.8) is 0 Å². The van der Waals surface area contributed by atoms with E-state index in [1.807, 2.05) is 72.8 Å². The van der Waals surface area contributed by atoms with Crippen molar-refractivity contribution in [3.8, 4) is 5.75 Å². The van der Waals surface area contributed by atoms with Crippen LogP contribution in [0.25, 0.3) is 10.8 Å². The highest BCUT2D eigenvalue weighted by molar-refractivity contribution is 6.30. The first kappa shape index (κ1) is 19.0. The van der Waals surface area contributed by atoms with Gasteiger partial charge in [0.05, 0.1) is 0 Å². The molecule has 0 saturated heterocycles. The molecule has 0 bridgehead atoms. The zero-order chi connectivity index (χ0) is 20.1. The highest BCUT2D eigenvalue weighted by Gasteiger charge is 2.07. The normalized spacial score (nSPS) is 10.7. The molecule has 1 amide bonds. The van der Waals surface area contributed by atoms with E-state index in [1.54, 1.807) is 6.07 Å². The first-order valence-electron chi connectivity index (χ1n) is 9.40. The fourth-order valence-corrected chi connectivity index (χ4v) is 3.24. The van der Waals surface area contributed by atoms with Crippen LogP contribution in [0, 0.1) is 0 Å². The Bertz CT molecular complexity index is 1140. The molecule has 0 saturated carbocycles. The van der Waals surface area contributed by atoms with Gasteiger partial charge in [0, 0.05) is 17.1 Å². The van der Waals surface area contributed by atoms with Crippen LogP contribution < -0.4 is 10.1 Å². The zero-order valence-electron chi connectivity index (χ0n) is 15.8. The number of carbonyl (C=O) groups excluding carboxylic acids is 1. The first-order chi connectivity index (χ1) is 14.2. The van der Waals surface area contributed by atoms with Gasteiger partial charge in [0.1, 0.15) is 12.4 Å². The number of rotatable bonds is 6. The van der Waals surface area contributed by atoms with Gasteiger partial charge < -0.3 is 10.1 Å². The maximum atomic E-state index is 12.5. The molecule has 4 heteroatoms. The molecule has 4 aromatic carbocycles. The molecule has 0 radical (unpaired) electrons. The van der Waals surface area contributed by atoms with Gasteiger partial charge in [-0.3, -0.25) is 4.79 Å². The zero-order valence-corrected chi connectivity index (χ0v) is 16.5. The van der Waals surface area contributed by atoms with Gasteiger partial charge in [-0.25, -0.2) is 0 Å². The van der Waals surface area contributed by atoms with Crippen LogP contribution in [0.3, 0.4) is 0 Å². The highest BCUT2D eigenvalue weighted by Crippen LogP contribution is 2.21. The van der Waals surface area contributed by atoms with Gasteiger partial charge in [0.25, 0.3) is 5.91 Å². The Labute approximate surface area is 174 Å². The number of amides is 1. The van der Waals surface area contributed by atoms with Crippen LogP contribution in [-0.4, -0.2) is 5.91 Å². The van der Waals surface area contributed by atoms with Crippen molar-refractivity contribution < 1.29 is 9.53 Å². The predicted molar refractivity (Wildman–Crippen MR) is 117 cm³/mol. The summed E-state index contributed by atoms with van der Waals surface area (Å²) in [6, 6.07) is 29.1. The second-order valence-corrected chi connectivity index (χ2v) is 7.24. The van der Waals surface area contributed by atoms with Crippen molar-refractivity contribution in [2.45, 2.75) is 13.2 Å². The Morgan fingerprint density at radius 3 is 2.41 bits per heavy atom. The van der Waals surface area contributed by atoms with Gasteiger partial charge in [-0.1, -0.05) is 66.2 Å². The molecule has 29 heavy (non-hydrogen) atoms. The summed E-state index contributed by atoms with van der Waals surface area (Å²) in [7, 11) is 0. The lowest BCUT2D eigenvalue weighted by atomic mass is 10.1. The van der Waals surface area contributed by atoms with E-state index in [4.69, 9.17) is 16.3 Å². The van der Waals surface area contributed by atoms with Crippen LogP contribution in [0.2, 0.25) is 5.02 Å². The van der Waals surface area contributed by atoms with E-state index in [0.29, 0.717) is 23.7 Å². The largest absolute Gasteiger partial charge is 0.489 e. The molecule has 3 nitrogen and oxygen atoms in total. The molecule has 0 aliphatic rings. The summed E-state index contributed by atoms with van der Waals surface area (Å²) >= 11 is 5.89. The predicted octanol–water partition coefficient (Wildman–Crippen LogP) is 6.00. The SMILES string of the molecule is O=C(NCc1ccc(Cl)cc1)c1cccc(COc2ccc3ccccc3c2)c1. The Morgan fingerprint density at radius 1 is 0.793 bits per heavy atom. The fourth-order valence-electron chi connectivity index (χ4n) is 3.11. The molecular formula is C25H20ClNO2. The van der Waals surface area contributed by atoms with Crippen LogP contribution in [-0.2, 0) is 13.2 Å². The van der Waals surface area contributed by atoms with E-state index < -0.39 is 0 Å². The fraction of sp³-hybridized carbons (Fsp3) is 0.0800. The molecule has 0 unspecified atom stereocenters. The van der Waals surface area contributed by atoms with E-state index >= 15 is 0 Å². The molecule has 0 spiro atoms. The summed E-state index contributed by atoms with van der Waals surface area (Å²) in [5.74, 6) is 0.689. The summed E-state index contributed by atoms with van der Waals surface area (Å²) in [5, 5.41) is 5.93. The van der Waals surface area contributed by atoms with Gasteiger partial charge in [-0.15, -0.1) is 0 Å². The Kier molecular flexibility index (Phi) is 5.78. The Balaban J connectivity index is 1.38. The van der Waals surface area contributed by atoms with Gasteiger partial charge in [-0.2, -0.15) is 0 Å². The van der Waals surface area contributed by atoms with Gasteiger partial charge in [0.2, 0.25) is 0 Å². The second-order valence-electron chi connectivity index (χ2n) is 6.81. The average molecular weight is 402 g/mol. The van der Waals surface area contributed by atoms with Crippen molar-refractivity contribution in [1.82, 2.24) is 5.32 Å². The number of hydrogen-bond acceptors (Lipinski definition) is 2. The van der Waals surface area contributed by atoms with Crippen molar-refractivity contribution in [2.75, 3.05) is 0 Å². The van der Waals surface area contributed by atoms with Gasteiger partial charge in [-0.05, 0) is 58.3 Å². The van der Waals surface area contributed by atoms with E-state index in [1.165, 1.54) is 5.39 Å². The number of carbonyl (C=O) groups is 1. The van der Waals surface area contributed by atoms with Gasteiger partial charge >= 0.3 is 0 Å². The minimum Gasteiger partial charge on any atom is -0.489 e. The molecule has 0 aromatic heterocycles. The molecule has 0 heterocycles. The first-order valence-corrected chi connectivity index (χ1v) is 9.78. The molecule has 0 aliphatic carbocycles. The maximum absolute atomic E-state index is 12.5. The minimum atomic E-state index is -0.118. The van der Waals surface area contributed by atoms with Crippen LogP contribution in [0.1, 0.15) is 21.5 Å². The van der Waals surface area contributed by atoms with Crippen LogP contribution in [0.4, 0.5) is 0 Å². The molecule has 1 N–H and O–H groups in total. The van der Waals surface area contributed by atoms with E-state index in [0.717, 1.165) is 22.3 Å². The number of fused-ring (bicyclic) bond motifs is 1. The van der Waals surface area contributed by atoms with E-state index in [9.17, 15) is 4.79 Å². The van der Waals surface area contributed by atoms with E-state index in [2.05, 4.69) is 17.4 Å². The molecule has 0 aliphatic heterocycles. The standard InChI is InChI=1S/C25H20ClNO2/c26-23-11-8-18(9-12-23)16-27-25(28)22-7-3-4-19(14-22)17-29-24-13-10-20-5-1-2-6-21(20)15-24/h1-15H,16-17H2,(H,27,28). The Hall–Kier alpha value is -3.30. The van der Waals surface area contributed by atoms with Crippen LogP contribution in [0.15, 0.2) is 91.0 Å². The van der Waals surface area contributed by atoms with Crippen molar-refractivity contribution in [3.05, 3.63) is 113 Å². The quantitative estimate of drug-likeness (QED) is 0.430. The number of nitrogens with one attached hydrogen (secondary N) is 1. The summed E-state index contributed by atoms with van der Waals surface area (Å²) in [6.45, 7) is 0.852. The molecule has 4 rings (SSSR count). The third-order valence-corrected chi connectivity index (χ3v) is 4.93. The number of benzene rings is 4.